The molecule has 1 aliphatic heterocycles. The van der Waals surface area contributed by atoms with Crippen LogP contribution in [-0.4, -0.2) is 11.7 Å². The van der Waals surface area contributed by atoms with E-state index in [0.29, 0.717) is 0 Å². The minimum Gasteiger partial charge on any atom is -0.369 e. The molecule has 0 aliphatic carbocycles. The Hall–Kier alpha value is -0.960. The van der Waals surface area contributed by atoms with E-state index in [9.17, 15) is 4.79 Å². The molecule has 2 rings (SSSR count). The summed E-state index contributed by atoms with van der Waals surface area (Å²) in [6.07, 6.45) is 1.70. The molecular weight excluding hydrogens is 194 g/mol. The van der Waals surface area contributed by atoms with Crippen molar-refractivity contribution in [3.05, 3.63) is 29.8 Å². The van der Waals surface area contributed by atoms with Crippen LogP contribution >= 0.6 is 11.8 Å². The van der Waals surface area contributed by atoms with Gasteiger partial charge in [-0.15, -0.1) is 11.8 Å². The number of thioether (sulfide) groups is 1. The van der Waals surface area contributed by atoms with Crippen molar-refractivity contribution >= 4 is 17.7 Å². The molecule has 1 aromatic rings. The van der Waals surface area contributed by atoms with Crippen LogP contribution < -0.4 is 5.73 Å². The Bertz CT molecular complexity index is 351. The van der Waals surface area contributed by atoms with Crippen molar-refractivity contribution in [2.75, 3.05) is 5.75 Å². The smallest absolute Gasteiger partial charge is 0.220 e. The highest BCUT2D eigenvalue weighted by molar-refractivity contribution is 7.99. The van der Waals surface area contributed by atoms with Crippen LogP contribution in [0, 0.1) is 5.92 Å². The Kier molecular flexibility index (Phi) is 2.77. The molecule has 0 aromatic heterocycles. The van der Waals surface area contributed by atoms with Crippen LogP contribution in [0.2, 0.25) is 0 Å². The number of amides is 1. The third-order valence-corrected chi connectivity index (χ3v) is 3.71. The number of carbonyl (C=O) groups excluding carboxylic acids is 1. The minimum absolute atomic E-state index is 0.0196. The molecule has 1 atom stereocenters. The number of carbonyl (C=O) groups is 1. The molecular formula is C11H13NOS. The lowest BCUT2D eigenvalue weighted by molar-refractivity contribution is -0.121. The third kappa shape index (κ3) is 1.93. The number of nitrogens with two attached hydrogens (primary N) is 1. The lowest BCUT2D eigenvalue weighted by Gasteiger charge is -2.09. The highest BCUT2D eigenvalue weighted by Gasteiger charge is 2.20. The van der Waals surface area contributed by atoms with E-state index in [4.69, 9.17) is 5.73 Å². The fourth-order valence-corrected chi connectivity index (χ4v) is 2.87. The molecule has 3 heteroatoms. The summed E-state index contributed by atoms with van der Waals surface area (Å²) < 4.78 is 0. The molecule has 1 aromatic carbocycles. The van der Waals surface area contributed by atoms with Gasteiger partial charge in [-0.25, -0.2) is 0 Å². The highest BCUT2D eigenvalue weighted by Crippen LogP contribution is 2.30. The summed E-state index contributed by atoms with van der Waals surface area (Å²) in [5, 5.41) is 0. The van der Waals surface area contributed by atoms with Gasteiger partial charge in [0.25, 0.3) is 0 Å². The molecule has 0 saturated carbocycles. The number of benzene rings is 1. The number of hydrogen-bond acceptors (Lipinski definition) is 2. The quantitative estimate of drug-likeness (QED) is 0.763. The van der Waals surface area contributed by atoms with Gasteiger partial charge in [-0.2, -0.15) is 0 Å². The first-order valence-electron chi connectivity index (χ1n) is 4.77. The summed E-state index contributed by atoms with van der Waals surface area (Å²) in [4.78, 5) is 12.4. The highest BCUT2D eigenvalue weighted by atomic mass is 32.2. The summed E-state index contributed by atoms with van der Waals surface area (Å²) in [6, 6.07) is 8.26. The molecule has 1 aliphatic rings. The second-order valence-electron chi connectivity index (χ2n) is 3.55. The maximum Gasteiger partial charge on any atom is 0.220 e. The van der Waals surface area contributed by atoms with Gasteiger partial charge in [0.1, 0.15) is 0 Å². The maximum atomic E-state index is 11.1. The number of rotatable bonds is 1. The van der Waals surface area contributed by atoms with E-state index in [1.54, 1.807) is 0 Å². The van der Waals surface area contributed by atoms with Gasteiger partial charge in [0, 0.05) is 10.8 Å². The van der Waals surface area contributed by atoms with E-state index >= 15 is 0 Å². The van der Waals surface area contributed by atoms with Crippen LogP contribution in [0.25, 0.3) is 0 Å². The summed E-state index contributed by atoms with van der Waals surface area (Å²) >= 11 is 1.82. The van der Waals surface area contributed by atoms with Gasteiger partial charge in [0.15, 0.2) is 0 Å². The predicted molar refractivity (Wildman–Crippen MR) is 58.2 cm³/mol. The first-order chi connectivity index (χ1) is 6.77. The van der Waals surface area contributed by atoms with Crippen LogP contribution in [0.1, 0.15) is 12.0 Å². The van der Waals surface area contributed by atoms with Gasteiger partial charge in [0.2, 0.25) is 5.91 Å². The van der Waals surface area contributed by atoms with Crippen molar-refractivity contribution < 1.29 is 4.79 Å². The lowest BCUT2D eigenvalue weighted by Crippen LogP contribution is -2.25. The van der Waals surface area contributed by atoms with Crippen LogP contribution in [0.3, 0.4) is 0 Å². The summed E-state index contributed by atoms with van der Waals surface area (Å²) in [5.41, 5.74) is 6.61. The zero-order chi connectivity index (χ0) is 9.97. The zero-order valence-electron chi connectivity index (χ0n) is 7.90. The SMILES string of the molecule is NC(=O)C1CCSc2ccccc2C1. The molecule has 0 bridgehead atoms. The van der Waals surface area contributed by atoms with Crippen molar-refractivity contribution in [2.24, 2.45) is 11.7 Å². The number of primary amides is 1. The van der Waals surface area contributed by atoms with E-state index < -0.39 is 0 Å². The molecule has 0 fully saturated rings. The normalized spacial score (nSPS) is 21.0. The number of fused-ring (bicyclic) bond motifs is 1. The Morgan fingerprint density at radius 1 is 1.43 bits per heavy atom. The van der Waals surface area contributed by atoms with Gasteiger partial charge < -0.3 is 5.73 Å². The van der Waals surface area contributed by atoms with E-state index in [1.165, 1.54) is 10.5 Å². The van der Waals surface area contributed by atoms with Crippen molar-refractivity contribution in [3.8, 4) is 0 Å². The fraction of sp³-hybridized carbons (Fsp3) is 0.364. The minimum atomic E-state index is -0.165. The molecule has 14 heavy (non-hydrogen) atoms. The van der Waals surface area contributed by atoms with Crippen molar-refractivity contribution in [2.45, 2.75) is 17.7 Å². The lowest BCUT2D eigenvalue weighted by atomic mass is 9.96. The van der Waals surface area contributed by atoms with E-state index in [2.05, 4.69) is 12.1 Å². The Labute approximate surface area is 87.9 Å². The maximum absolute atomic E-state index is 11.1. The molecule has 0 saturated heterocycles. The van der Waals surface area contributed by atoms with Crippen molar-refractivity contribution in [3.63, 3.8) is 0 Å². The van der Waals surface area contributed by atoms with E-state index in [-0.39, 0.29) is 11.8 Å². The van der Waals surface area contributed by atoms with Gasteiger partial charge in [-0.05, 0) is 30.2 Å². The monoisotopic (exact) mass is 207 g/mol. The molecule has 2 N–H and O–H groups in total. The van der Waals surface area contributed by atoms with Crippen LogP contribution in [0.5, 0.6) is 0 Å². The number of hydrogen-bond donors (Lipinski definition) is 1. The average molecular weight is 207 g/mol. The molecule has 1 amide bonds. The average Bonchev–Trinajstić information content (AvgIpc) is 2.39. The second-order valence-corrected chi connectivity index (χ2v) is 4.69. The van der Waals surface area contributed by atoms with Crippen LogP contribution in [0.4, 0.5) is 0 Å². The van der Waals surface area contributed by atoms with Gasteiger partial charge in [-0.1, -0.05) is 18.2 Å². The van der Waals surface area contributed by atoms with Crippen molar-refractivity contribution in [1.29, 1.82) is 0 Å². The van der Waals surface area contributed by atoms with E-state index in [0.717, 1.165) is 18.6 Å². The van der Waals surface area contributed by atoms with Crippen molar-refractivity contribution in [1.82, 2.24) is 0 Å². The summed E-state index contributed by atoms with van der Waals surface area (Å²) in [5.74, 6) is 0.846. The first-order valence-corrected chi connectivity index (χ1v) is 5.76. The van der Waals surface area contributed by atoms with Gasteiger partial charge in [0.05, 0.1) is 0 Å². The first kappa shape index (κ1) is 9.59. The molecule has 0 radical (unpaired) electrons. The summed E-state index contributed by atoms with van der Waals surface area (Å²) in [6.45, 7) is 0. The molecule has 1 heterocycles. The second kappa shape index (κ2) is 4.05. The topological polar surface area (TPSA) is 43.1 Å². The molecule has 1 unspecified atom stereocenters. The molecule has 2 nitrogen and oxygen atoms in total. The molecule has 74 valence electrons. The largest absolute Gasteiger partial charge is 0.369 e. The Morgan fingerprint density at radius 3 is 3.00 bits per heavy atom. The summed E-state index contributed by atoms with van der Waals surface area (Å²) in [7, 11) is 0. The Balaban J connectivity index is 2.26. The van der Waals surface area contributed by atoms with Crippen LogP contribution in [0.15, 0.2) is 29.2 Å². The van der Waals surface area contributed by atoms with Gasteiger partial charge in [-0.3, -0.25) is 4.79 Å². The predicted octanol–water partition coefficient (Wildman–Crippen LogP) is 1.83. The standard InChI is InChI=1S/C11H13NOS/c12-11(13)9-5-6-14-10-4-2-1-3-8(10)7-9/h1-4,9H,5-7H2,(H2,12,13). The molecule has 0 spiro atoms. The third-order valence-electron chi connectivity index (χ3n) is 2.57. The Morgan fingerprint density at radius 2 is 2.21 bits per heavy atom. The fourth-order valence-electron chi connectivity index (χ4n) is 1.73. The van der Waals surface area contributed by atoms with Gasteiger partial charge >= 0.3 is 0 Å². The van der Waals surface area contributed by atoms with Crippen LogP contribution in [-0.2, 0) is 11.2 Å². The van der Waals surface area contributed by atoms with E-state index in [1.807, 2.05) is 23.9 Å². The zero-order valence-corrected chi connectivity index (χ0v) is 8.72.